The molecule has 0 unspecified atom stereocenters. The first-order valence-electron chi connectivity index (χ1n) is 8.74. The molecule has 0 aliphatic heterocycles. The monoisotopic (exact) mass is 349 g/mol. The molecule has 1 heterocycles. The van der Waals surface area contributed by atoms with Gasteiger partial charge in [0, 0.05) is 12.1 Å². The summed E-state index contributed by atoms with van der Waals surface area (Å²) in [6.07, 6.45) is 0.704. The number of benzene rings is 2. The first-order chi connectivity index (χ1) is 12.5. The Bertz CT molecular complexity index is 944. The number of nitrogens with zero attached hydrogens (tertiary/aromatic N) is 2. The number of fused-ring (bicyclic) bond motifs is 1. The Labute approximate surface area is 153 Å². The molecule has 0 fully saturated rings. The highest BCUT2D eigenvalue weighted by molar-refractivity contribution is 5.93. The summed E-state index contributed by atoms with van der Waals surface area (Å²) in [4.78, 5) is 21.3. The number of aryl methyl sites for hydroxylation is 4. The topological polar surface area (TPSA) is 64.1 Å². The lowest BCUT2D eigenvalue weighted by molar-refractivity contribution is -0.118. The maximum atomic E-state index is 12.4. The summed E-state index contributed by atoms with van der Waals surface area (Å²) < 4.78 is 5.74. The Morgan fingerprint density at radius 3 is 2.46 bits per heavy atom. The second-order valence-corrected chi connectivity index (χ2v) is 6.43. The van der Waals surface area contributed by atoms with Crippen molar-refractivity contribution in [3.63, 3.8) is 0 Å². The highest BCUT2D eigenvalue weighted by Gasteiger charge is 2.12. The van der Waals surface area contributed by atoms with E-state index < -0.39 is 0 Å². The van der Waals surface area contributed by atoms with Crippen molar-refractivity contribution in [1.82, 2.24) is 9.97 Å². The van der Waals surface area contributed by atoms with E-state index in [-0.39, 0.29) is 12.5 Å². The molecule has 3 aromatic rings. The van der Waals surface area contributed by atoms with Crippen molar-refractivity contribution in [3.05, 3.63) is 58.9 Å². The molecule has 5 nitrogen and oxygen atoms in total. The van der Waals surface area contributed by atoms with Crippen LogP contribution in [-0.2, 0) is 11.2 Å². The van der Waals surface area contributed by atoms with Gasteiger partial charge in [-0.1, -0.05) is 36.8 Å². The van der Waals surface area contributed by atoms with E-state index in [1.165, 1.54) is 5.56 Å². The van der Waals surface area contributed by atoms with Crippen LogP contribution in [0, 0.1) is 20.8 Å². The highest BCUT2D eigenvalue weighted by Crippen LogP contribution is 2.24. The number of carbonyl (C=O) groups is 1. The predicted octanol–water partition coefficient (Wildman–Crippen LogP) is 4.13. The van der Waals surface area contributed by atoms with E-state index in [0.717, 1.165) is 27.7 Å². The van der Waals surface area contributed by atoms with E-state index in [4.69, 9.17) is 4.74 Å². The van der Waals surface area contributed by atoms with Crippen molar-refractivity contribution in [2.45, 2.75) is 34.1 Å². The average molecular weight is 349 g/mol. The van der Waals surface area contributed by atoms with Gasteiger partial charge in [0.15, 0.2) is 6.61 Å². The second kappa shape index (κ2) is 7.52. The van der Waals surface area contributed by atoms with E-state index in [9.17, 15) is 4.79 Å². The third kappa shape index (κ3) is 3.82. The van der Waals surface area contributed by atoms with Gasteiger partial charge >= 0.3 is 0 Å². The number of aromatic nitrogens is 2. The van der Waals surface area contributed by atoms with Crippen molar-refractivity contribution < 1.29 is 9.53 Å². The zero-order chi connectivity index (χ0) is 18.7. The van der Waals surface area contributed by atoms with E-state index in [1.54, 1.807) is 0 Å². The van der Waals surface area contributed by atoms with Gasteiger partial charge in [-0.15, -0.1) is 0 Å². The summed E-state index contributed by atoms with van der Waals surface area (Å²) in [5, 5.41) is 3.75. The molecule has 134 valence electrons. The molecule has 0 radical (unpaired) electrons. The molecule has 0 atom stereocenters. The molecule has 0 bridgehead atoms. The molecule has 2 aromatic carbocycles. The fraction of sp³-hybridized carbons (Fsp3) is 0.286. The van der Waals surface area contributed by atoms with Crippen molar-refractivity contribution in [1.29, 1.82) is 0 Å². The van der Waals surface area contributed by atoms with Gasteiger partial charge in [-0.25, -0.2) is 4.98 Å². The number of carbonyl (C=O) groups excluding carboxylic acids is 1. The Morgan fingerprint density at radius 1 is 1.08 bits per heavy atom. The van der Waals surface area contributed by atoms with Gasteiger partial charge in [-0.3, -0.25) is 4.79 Å². The van der Waals surface area contributed by atoms with Gasteiger partial charge in [-0.2, -0.15) is 4.98 Å². The zero-order valence-electron chi connectivity index (χ0n) is 15.6. The second-order valence-electron chi connectivity index (χ2n) is 6.43. The molecule has 1 amide bonds. The third-order valence-electron chi connectivity index (χ3n) is 4.21. The molecule has 0 spiro atoms. The van der Waals surface area contributed by atoms with E-state index >= 15 is 0 Å². The maximum absolute atomic E-state index is 12.4. The number of nitrogens with one attached hydrogen (secondary N) is 1. The first-order valence-corrected chi connectivity index (χ1v) is 8.74. The quantitative estimate of drug-likeness (QED) is 0.752. The molecule has 5 heteroatoms. The number of rotatable bonds is 5. The number of amides is 1. The SMILES string of the molecule is CCc1nc(OCC(=O)Nc2c(C)cc(C)cc2C)c2ccccc2n1. The molecule has 1 N–H and O–H groups in total. The Hall–Kier alpha value is -2.95. The number of hydrogen-bond donors (Lipinski definition) is 1. The minimum absolute atomic E-state index is 0.100. The summed E-state index contributed by atoms with van der Waals surface area (Å²) in [7, 11) is 0. The lowest BCUT2D eigenvalue weighted by Gasteiger charge is -2.14. The van der Waals surface area contributed by atoms with Crippen LogP contribution in [0.2, 0.25) is 0 Å². The first kappa shape index (κ1) is 17.9. The number of ether oxygens (including phenoxy) is 1. The molecule has 0 saturated heterocycles. The van der Waals surface area contributed by atoms with Gasteiger partial charge < -0.3 is 10.1 Å². The zero-order valence-corrected chi connectivity index (χ0v) is 15.6. The van der Waals surface area contributed by atoms with Crippen molar-refractivity contribution >= 4 is 22.5 Å². The normalized spacial score (nSPS) is 10.8. The minimum Gasteiger partial charge on any atom is -0.467 e. The van der Waals surface area contributed by atoms with Crippen LogP contribution in [0.25, 0.3) is 10.9 Å². The minimum atomic E-state index is -0.208. The van der Waals surface area contributed by atoms with E-state index in [0.29, 0.717) is 18.1 Å². The van der Waals surface area contributed by atoms with Crippen LogP contribution in [0.15, 0.2) is 36.4 Å². The fourth-order valence-electron chi connectivity index (χ4n) is 3.05. The van der Waals surface area contributed by atoms with Gasteiger partial charge in [0.25, 0.3) is 5.91 Å². The van der Waals surface area contributed by atoms with Crippen LogP contribution in [0.3, 0.4) is 0 Å². The maximum Gasteiger partial charge on any atom is 0.262 e. The molecule has 0 aliphatic rings. The Kier molecular flexibility index (Phi) is 5.16. The van der Waals surface area contributed by atoms with Crippen LogP contribution in [0.5, 0.6) is 5.88 Å². The van der Waals surface area contributed by atoms with Crippen molar-refractivity contribution in [2.75, 3.05) is 11.9 Å². The molecule has 3 rings (SSSR count). The third-order valence-corrected chi connectivity index (χ3v) is 4.21. The van der Waals surface area contributed by atoms with Gasteiger partial charge in [0.2, 0.25) is 5.88 Å². The Morgan fingerprint density at radius 2 is 1.77 bits per heavy atom. The Balaban J connectivity index is 1.77. The van der Waals surface area contributed by atoms with Crippen LogP contribution in [-0.4, -0.2) is 22.5 Å². The summed E-state index contributed by atoms with van der Waals surface area (Å²) in [5.41, 5.74) is 4.91. The van der Waals surface area contributed by atoms with Crippen LogP contribution in [0.4, 0.5) is 5.69 Å². The number of hydrogen-bond acceptors (Lipinski definition) is 4. The number of anilines is 1. The van der Waals surface area contributed by atoms with Crippen LogP contribution >= 0.6 is 0 Å². The lowest BCUT2D eigenvalue weighted by Crippen LogP contribution is -2.22. The van der Waals surface area contributed by atoms with Crippen molar-refractivity contribution in [3.8, 4) is 5.88 Å². The van der Waals surface area contributed by atoms with Crippen LogP contribution < -0.4 is 10.1 Å². The predicted molar refractivity (Wildman–Crippen MR) is 104 cm³/mol. The molecular formula is C21H23N3O2. The van der Waals surface area contributed by atoms with Crippen LogP contribution in [0.1, 0.15) is 29.4 Å². The standard InChI is InChI=1S/C21H23N3O2/c1-5-18-22-17-9-7-6-8-16(17)21(23-18)26-12-19(25)24-20-14(3)10-13(2)11-15(20)4/h6-11H,5,12H2,1-4H3,(H,24,25). The highest BCUT2D eigenvalue weighted by atomic mass is 16.5. The van der Waals surface area contributed by atoms with E-state index in [1.807, 2.05) is 52.0 Å². The molecule has 26 heavy (non-hydrogen) atoms. The summed E-state index contributed by atoms with van der Waals surface area (Å²) in [6.45, 7) is 7.91. The van der Waals surface area contributed by atoms with Crippen molar-refractivity contribution in [2.24, 2.45) is 0 Å². The summed E-state index contributed by atoms with van der Waals surface area (Å²) in [6, 6.07) is 11.7. The van der Waals surface area contributed by atoms with Gasteiger partial charge in [0.05, 0.1) is 10.9 Å². The lowest BCUT2D eigenvalue weighted by atomic mass is 10.1. The van der Waals surface area contributed by atoms with Gasteiger partial charge in [-0.05, 0) is 44.0 Å². The largest absolute Gasteiger partial charge is 0.467 e. The average Bonchev–Trinajstić information content (AvgIpc) is 2.62. The summed E-state index contributed by atoms with van der Waals surface area (Å²) >= 11 is 0. The summed E-state index contributed by atoms with van der Waals surface area (Å²) in [5.74, 6) is 0.935. The van der Waals surface area contributed by atoms with Gasteiger partial charge in [0.1, 0.15) is 5.82 Å². The van der Waals surface area contributed by atoms with E-state index in [2.05, 4.69) is 27.4 Å². The smallest absolute Gasteiger partial charge is 0.262 e. The molecular weight excluding hydrogens is 326 g/mol. The number of para-hydroxylation sites is 1. The molecule has 0 aliphatic carbocycles. The molecule has 0 saturated carbocycles. The fourth-order valence-corrected chi connectivity index (χ4v) is 3.05. The molecule has 1 aromatic heterocycles.